The summed E-state index contributed by atoms with van der Waals surface area (Å²) in [5.41, 5.74) is 0. The smallest absolute Gasteiger partial charge is 0.319 e. The number of alkyl halides is 6. The van der Waals surface area contributed by atoms with Gasteiger partial charge >= 0.3 is 6.01 Å². The van der Waals surface area contributed by atoms with Crippen molar-refractivity contribution >= 4 is 95.6 Å². The first-order chi connectivity index (χ1) is 7.14. The van der Waals surface area contributed by atoms with E-state index in [-0.39, 0.29) is 6.01 Å². The Labute approximate surface area is 143 Å². The molecule has 1 heterocycles. The highest BCUT2D eigenvalue weighted by Gasteiger charge is 2.32. The van der Waals surface area contributed by atoms with Crippen molar-refractivity contribution in [1.82, 2.24) is 15.0 Å². The molecule has 0 bridgehead atoms. The summed E-state index contributed by atoms with van der Waals surface area (Å²) in [4.78, 5) is 12.4. The summed E-state index contributed by atoms with van der Waals surface area (Å²) in [6.45, 7) is 0. The molecular weight excluding hydrogens is 610 g/mol. The van der Waals surface area contributed by atoms with Crippen LogP contribution >= 0.6 is 95.6 Å². The Kier molecular flexibility index (Phi) is 5.68. The third kappa shape index (κ3) is 4.42. The molecule has 1 aromatic heterocycles. The van der Waals surface area contributed by atoms with Gasteiger partial charge < -0.3 is 4.74 Å². The lowest BCUT2D eigenvalue weighted by atomic mass is 10.6. The first-order valence-corrected chi connectivity index (χ1v) is 8.35. The molecule has 0 radical (unpaired) electrons. The summed E-state index contributed by atoms with van der Waals surface area (Å²) in [6, 6.07) is 0.213. The molecule has 1 rings (SSSR count). The number of hydrogen-bond donors (Lipinski definition) is 0. The van der Waals surface area contributed by atoms with Crippen molar-refractivity contribution in [2.24, 2.45) is 0 Å². The van der Waals surface area contributed by atoms with Crippen molar-refractivity contribution in [2.45, 2.75) is 4.29 Å². The molecule has 0 atom stereocenters. The Morgan fingerprint density at radius 1 is 0.812 bits per heavy atom. The molecular formula is C6H3Br6N3O. The monoisotopic (exact) mass is 607 g/mol. The van der Waals surface area contributed by atoms with Crippen molar-refractivity contribution in [1.29, 1.82) is 0 Å². The van der Waals surface area contributed by atoms with Crippen LogP contribution in [0.4, 0.5) is 0 Å². The molecule has 0 saturated carbocycles. The van der Waals surface area contributed by atoms with Gasteiger partial charge in [0, 0.05) is 0 Å². The van der Waals surface area contributed by atoms with Crippen molar-refractivity contribution in [2.75, 3.05) is 7.11 Å². The molecule has 10 heteroatoms. The summed E-state index contributed by atoms with van der Waals surface area (Å²) in [5.74, 6) is 0.856. The van der Waals surface area contributed by atoms with E-state index in [0.717, 1.165) is 0 Å². The van der Waals surface area contributed by atoms with E-state index in [0.29, 0.717) is 11.6 Å². The van der Waals surface area contributed by atoms with Gasteiger partial charge in [0.25, 0.3) is 0 Å². The highest BCUT2D eigenvalue weighted by molar-refractivity contribution is 9.39. The molecule has 0 N–H and O–H groups in total. The van der Waals surface area contributed by atoms with E-state index in [2.05, 4.69) is 111 Å². The number of halogens is 6. The van der Waals surface area contributed by atoms with Crippen LogP contribution in [0.2, 0.25) is 0 Å². The highest BCUT2D eigenvalue weighted by Crippen LogP contribution is 2.46. The molecule has 0 unspecified atom stereocenters. The predicted octanol–water partition coefficient (Wildman–Crippen LogP) is 4.47. The first-order valence-electron chi connectivity index (χ1n) is 3.59. The van der Waals surface area contributed by atoms with Crippen LogP contribution in [0.15, 0.2) is 0 Å². The third-order valence-electron chi connectivity index (χ3n) is 1.30. The average Bonchev–Trinajstić information content (AvgIpc) is 2.14. The van der Waals surface area contributed by atoms with Crippen LogP contribution in [0.3, 0.4) is 0 Å². The Bertz CT molecular complexity index is 355. The van der Waals surface area contributed by atoms with Crippen LogP contribution in [0.25, 0.3) is 0 Å². The van der Waals surface area contributed by atoms with E-state index in [1.54, 1.807) is 0 Å². The normalized spacial score (nSPS) is 12.7. The van der Waals surface area contributed by atoms with Gasteiger partial charge in [-0.05, 0) is 0 Å². The summed E-state index contributed by atoms with van der Waals surface area (Å²) in [6.07, 6.45) is 0. The average molecular weight is 613 g/mol. The van der Waals surface area contributed by atoms with E-state index < -0.39 is 4.29 Å². The van der Waals surface area contributed by atoms with E-state index in [9.17, 15) is 0 Å². The fraction of sp³-hybridized carbons (Fsp3) is 0.500. The van der Waals surface area contributed by atoms with Gasteiger partial charge in [-0.1, -0.05) is 95.6 Å². The largest absolute Gasteiger partial charge is 0.467 e. The second kappa shape index (κ2) is 5.77. The topological polar surface area (TPSA) is 47.9 Å². The van der Waals surface area contributed by atoms with Crippen LogP contribution in [-0.4, -0.2) is 22.1 Å². The van der Waals surface area contributed by atoms with E-state index >= 15 is 0 Å². The second-order valence-electron chi connectivity index (χ2n) is 2.46. The molecule has 0 aliphatic carbocycles. The van der Waals surface area contributed by atoms with Crippen molar-refractivity contribution in [3.8, 4) is 6.01 Å². The van der Waals surface area contributed by atoms with Crippen LogP contribution < -0.4 is 4.74 Å². The first kappa shape index (κ1) is 15.7. The minimum atomic E-state index is -0.726. The van der Waals surface area contributed by atoms with Gasteiger partial charge in [-0.25, -0.2) is 4.98 Å². The highest BCUT2D eigenvalue weighted by atomic mass is 80.0. The predicted molar refractivity (Wildman–Crippen MR) is 83.3 cm³/mol. The van der Waals surface area contributed by atoms with Gasteiger partial charge in [-0.15, -0.1) is 0 Å². The summed E-state index contributed by atoms with van der Waals surface area (Å²) in [5, 5.41) is 0. The summed E-state index contributed by atoms with van der Waals surface area (Å²) < 4.78 is 3.55. The fourth-order valence-electron chi connectivity index (χ4n) is 0.701. The zero-order valence-corrected chi connectivity index (χ0v) is 17.0. The maximum absolute atomic E-state index is 5.00. The lowest BCUT2D eigenvalue weighted by molar-refractivity contribution is 0.374. The minimum absolute atomic E-state index is 0.213. The standard InChI is InChI=1S/C6H3Br6N3O/c1-16-4-14-2(5(7,8)9)13-3(15-4)6(10,11)12/h1H3. The van der Waals surface area contributed by atoms with Crippen LogP contribution in [0.5, 0.6) is 6.01 Å². The van der Waals surface area contributed by atoms with Crippen molar-refractivity contribution in [3.63, 3.8) is 0 Å². The molecule has 90 valence electrons. The van der Waals surface area contributed by atoms with Gasteiger partial charge in [-0.2, -0.15) is 9.97 Å². The lowest BCUT2D eigenvalue weighted by Gasteiger charge is -2.15. The molecule has 0 saturated heterocycles. The Balaban J connectivity index is 3.33. The van der Waals surface area contributed by atoms with Gasteiger partial charge in [0.1, 0.15) is 0 Å². The molecule has 0 aliphatic heterocycles. The van der Waals surface area contributed by atoms with Crippen molar-refractivity contribution < 1.29 is 4.74 Å². The molecule has 0 fully saturated rings. The van der Waals surface area contributed by atoms with Gasteiger partial charge in [-0.3, -0.25) is 0 Å². The maximum atomic E-state index is 5.00. The van der Waals surface area contributed by atoms with Gasteiger partial charge in [0.2, 0.25) is 0 Å². The molecule has 16 heavy (non-hydrogen) atoms. The summed E-state index contributed by atoms with van der Waals surface area (Å²) in [7, 11) is 1.49. The SMILES string of the molecule is COc1nc(C(Br)(Br)Br)nc(C(Br)(Br)Br)n1. The van der Waals surface area contributed by atoms with Crippen LogP contribution in [0.1, 0.15) is 11.6 Å². The Hall–Kier alpha value is 1.69. The maximum Gasteiger partial charge on any atom is 0.319 e. The molecule has 4 nitrogen and oxygen atoms in total. The minimum Gasteiger partial charge on any atom is -0.467 e. The molecule has 1 aromatic rings. The number of methoxy groups -OCH3 is 1. The van der Waals surface area contributed by atoms with Crippen molar-refractivity contribution in [3.05, 3.63) is 11.6 Å². The lowest BCUT2D eigenvalue weighted by Crippen LogP contribution is -2.15. The molecule has 0 aromatic carbocycles. The van der Waals surface area contributed by atoms with E-state index in [1.807, 2.05) is 0 Å². The number of aromatic nitrogens is 3. The van der Waals surface area contributed by atoms with Gasteiger partial charge in [0.15, 0.2) is 15.9 Å². The fourth-order valence-corrected chi connectivity index (χ4v) is 1.77. The number of nitrogens with zero attached hydrogens (tertiary/aromatic N) is 3. The number of hydrogen-bond acceptors (Lipinski definition) is 4. The zero-order chi connectivity index (χ0) is 12.6. The Morgan fingerprint density at radius 2 is 1.19 bits per heavy atom. The molecule has 0 amide bonds. The number of rotatable bonds is 1. The number of ether oxygens (including phenoxy) is 1. The third-order valence-corrected chi connectivity index (χ3v) is 3.43. The van der Waals surface area contributed by atoms with Crippen LogP contribution in [0, 0.1) is 0 Å². The van der Waals surface area contributed by atoms with Crippen LogP contribution in [-0.2, 0) is 4.29 Å². The second-order valence-corrected chi connectivity index (χ2v) is 16.0. The quantitative estimate of drug-likeness (QED) is 0.440. The Morgan fingerprint density at radius 3 is 1.44 bits per heavy atom. The molecule has 0 spiro atoms. The zero-order valence-electron chi connectivity index (χ0n) is 7.52. The van der Waals surface area contributed by atoms with E-state index in [4.69, 9.17) is 4.74 Å². The van der Waals surface area contributed by atoms with E-state index in [1.165, 1.54) is 7.11 Å². The molecule has 0 aliphatic rings. The summed E-state index contributed by atoms with van der Waals surface area (Å²) >= 11 is 20.0. The van der Waals surface area contributed by atoms with Gasteiger partial charge in [0.05, 0.1) is 7.11 Å².